The molecule has 0 aromatic heterocycles. The van der Waals surface area contributed by atoms with E-state index in [2.05, 4.69) is 5.32 Å². The van der Waals surface area contributed by atoms with Gasteiger partial charge in [-0.25, -0.2) is 17.9 Å². The smallest absolute Gasteiger partial charge is 0.238 e. The van der Waals surface area contributed by atoms with Crippen molar-refractivity contribution in [1.29, 1.82) is 0 Å². The zero-order chi connectivity index (χ0) is 12.3. The minimum Gasteiger partial charge on any atom is -0.359 e. The van der Waals surface area contributed by atoms with Gasteiger partial charge >= 0.3 is 0 Å². The number of hydrogen-bond acceptors (Lipinski definition) is 3. The fourth-order valence-corrected chi connectivity index (χ4v) is 1.98. The second-order valence-corrected chi connectivity index (χ2v) is 4.68. The molecule has 0 aliphatic carbocycles. The Morgan fingerprint density at radius 3 is 2.62 bits per heavy atom. The number of likely N-dealkylation sites (N-methyl/N-ethyl adjacent to an activating group) is 1. The number of rotatable bonds is 3. The van der Waals surface area contributed by atoms with Crippen molar-refractivity contribution >= 4 is 15.9 Å². The molecule has 0 heterocycles. The molecule has 0 saturated carbocycles. The fourth-order valence-electron chi connectivity index (χ4n) is 1.23. The molecule has 3 N–H and O–H groups in total. The molecule has 1 amide bonds. The third kappa shape index (κ3) is 3.01. The molecular weight excluding hydrogens is 235 g/mol. The van der Waals surface area contributed by atoms with Gasteiger partial charge in [0.15, 0.2) is 0 Å². The van der Waals surface area contributed by atoms with E-state index >= 15 is 0 Å². The first-order valence-electron chi connectivity index (χ1n) is 4.36. The van der Waals surface area contributed by atoms with E-state index in [-0.39, 0.29) is 16.9 Å². The lowest BCUT2D eigenvalue weighted by Crippen LogP contribution is -2.22. The highest BCUT2D eigenvalue weighted by Crippen LogP contribution is 2.16. The highest BCUT2D eigenvalue weighted by molar-refractivity contribution is 7.89. The van der Waals surface area contributed by atoms with Crippen LogP contribution in [-0.4, -0.2) is 21.4 Å². The summed E-state index contributed by atoms with van der Waals surface area (Å²) in [6.45, 7) is 0. The Labute approximate surface area is 92.5 Å². The Morgan fingerprint density at radius 2 is 2.12 bits per heavy atom. The van der Waals surface area contributed by atoms with E-state index in [4.69, 9.17) is 5.14 Å². The average Bonchev–Trinajstić information content (AvgIpc) is 2.15. The van der Waals surface area contributed by atoms with Crippen LogP contribution >= 0.6 is 0 Å². The van der Waals surface area contributed by atoms with Crippen LogP contribution in [0.5, 0.6) is 0 Å². The number of sulfonamides is 1. The summed E-state index contributed by atoms with van der Waals surface area (Å²) in [7, 11) is -2.55. The lowest BCUT2D eigenvalue weighted by Gasteiger charge is -2.06. The van der Waals surface area contributed by atoms with Crippen LogP contribution in [-0.2, 0) is 21.2 Å². The number of nitrogens with one attached hydrogen (secondary N) is 1. The summed E-state index contributed by atoms with van der Waals surface area (Å²) in [6.07, 6.45) is -0.236. The van der Waals surface area contributed by atoms with Crippen LogP contribution in [0.4, 0.5) is 4.39 Å². The largest absolute Gasteiger partial charge is 0.359 e. The maximum absolute atomic E-state index is 12.9. The summed E-state index contributed by atoms with van der Waals surface area (Å²) in [5.41, 5.74) is 0.0434. The molecule has 1 rings (SSSR count). The zero-order valence-corrected chi connectivity index (χ0v) is 9.34. The van der Waals surface area contributed by atoms with Gasteiger partial charge in [-0.15, -0.1) is 0 Å². The van der Waals surface area contributed by atoms with Crippen LogP contribution in [0.3, 0.4) is 0 Å². The van der Waals surface area contributed by atoms with Crippen molar-refractivity contribution in [2.45, 2.75) is 11.3 Å². The van der Waals surface area contributed by atoms with Crippen molar-refractivity contribution < 1.29 is 17.6 Å². The number of halogens is 1. The van der Waals surface area contributed by atoms with Crippen LogP contribution in [0.25, 0.3) is 0 Å². The molecule has 0 aliphatic heterocycles. The van der Waals surface area contributed by atoms with E-state index in [1.807, 2.05) is 0 Å². The van der Waals surface area contributed by atoms with Crippen molar-refractivity contribution in [1.82, 2.24) is 5.32 Å². The molecule has 0 saturated heterocycles. The number of primary sulfonamides is 1. The highest BCUT2D eigenvalue weighted by atomic mass is 32.2. The van der Waals surface area contributed by atoms with Crippen LogP contribution in [0, 0.1) is 5.82 Å². The van der Waals surface area contributed by atoms with Crippen LogP contribution in [0.15, 0.2) is 23.1 Å². The number of nitrogens with two attached hydrogens (primary N) is 1. The van der Waals surface area contributed by atoms with Crippen molar-refractivity contribution in [3.63, 3.8) is 0 Å². The molecule has 1 aromatic carbocycles. The molecule has 0 spiro atoms. The first-order chi connectivity index (χ1) is 7.34. The Hall–Kier alpha value is -1.47. The van der Waals surface area contributed by atoms with Gasteiger partial charge in [0.2, 0.25) is 15.9 Å². The SMILES string of the molecule is CNC(=O)Cc1cc(F)ccc1S(N)(=O)=O. The van der Waals surface area contributed by atoms with Crippen LogP contribution in [0.1, 0.15) is 5.56 Å². The van der Waals surface area contributed by atoms with Crippen molar-refractivity contribution in [2.24, 2.45) is 5.14 Å². The maximum Gasteiger partial charge on any atom is 0.238 e. The van der Waals surface area contributed by atoms with Gasteiger partial charge in [0, 0.05) is 7.05 Å². The van der Waals surface area contributed by atoms with E-state index in [1.54, 1.807) is 0 Å². The van der Waals surface area contributed by atoms with Gasteiger partial charge in [0.05, 0.1) is 11.3 Å². The Balaban J connectivity index is 3.24. The highest BCUT2D eigenvalue weighted by Gasteiger charge is 2.16. The molecular formula is C9H11FN2O3S. The summed E-state index contributed by atoms with van der Waals surface area (Å²) in [6, 6.07) is 3.00. The first kappa shape index (κ1) is 12.6. The standard InChI is InChI=1S/C9H11FN2O3S/c1-12-9(13)5-6-4-7(10)2-3-8(6)16(11,14)15/h2-4H,5H2,1H3,(H,12,13)(H2,11,14,15). The van der Waals surface area contributed by atoms with Crippen LogP contribution in [0.2, 0.25) is 0 Å². The number of amides is 1. The molecule has 1 aromatic rings. The van der Waals surface area contributed by atoms with Gasteiger partial charge in [-0.05, 0) is 23.8 Å². The lowest BCUT2D eigenvalue weighted by molar-refractivity contribution is -0.119. The maximum atomic E-state index is 12.9. The predicted molar refractivity (Wildman–Crippen MR) is 55.5 cm³/mol. The number of carbonyl (C=O) groups excluding carboxylic acids is 1. The third-order valence-electron chi connectivity index (χ3n) is 1.96. The van der Waals surface area contributed by atoms with E-state index in [1.165, 1.54) is 7.05 Å². The minimum atomic E-state index is -3.95. The van der Waals surface area contributed by atoms with Gasteiger partial charge in [-0.1, -0.05) is 0 Å². The summed E-state index contributed by atoms with van der Waals surface area (Å²) < 4.78 is 35.2. The topological polar surface area (TPSA) is 89.3 Å². The van der Waals surface area contributed by atoms with E-state index in [0.717, 1.165) is 18.2 Å². The van der Waals surface area contributed by atoms with Gasteiger partial charge in [-0.2, -0.15) is 0 Å². The molecule has 0 atom stereocenters. The Kier molecular flexibility index (Phi) is 3.61. The minimum absolute atomic E-state index is 0.0434. The molecule has 0 bridgehead atoms. The second-order valence-electron chi connectivity index (χ2n) is 3.15. The summed E-state index contributed by atoms with van der Waals surface area (Å²) in [5.74, 6) is -1.04. The molecule has 5 nitrogen and oxygen atoms in total. The van der Waals surface area contributed by atoms with Crippen molar-refractivity contribution in [2.75, 3.05) is 7.05 Å². The van der Waals surface area contributed by atoms with E-state index in [9.17, 15) is 17.6 Å². The Bertz CT molecular complexity index is 513. The van der Waals surface area contributed by atoms with Gasteiger partial charge < -0.3 is 5.32 Å². The summed E-state index contributed by atoms with van der Waals surface area (Å²) in [5, 5.41) is 7.26. The van der Waals surface area contributed by atoms with Gasteiger partial charge in [0.25, 0.3) is 0 Å². The molecule has 88 valence electrons. The van der Waals surface area contributed by atoms with Gasteiger partial charge in [0.1, 0.15) is 5.82 Å². The monoisotopic (exact) mass is 246 g/mol. The third-order valence-corrected chi connectivity index (χ3v) is 2.97. The summed E-state index contributed by atoms with van der Waals surface area (Å²) in [4.78, 5) is 10.9. The molecule has 0 fully saturated rings. The predicted octanol–water partition coefficient (Wildman–Crippen LogP) is -0.238. The average molecular weight is 246 g/mol. The quantitative estimate of drug-likeness (QED) is 0.771. The fraction of sp³-hybridized carbons (Fsp3) is 0.222. The molecule has 7 heteroatoms. The number of hydrogen-bond donors (Lipinski definition) is 2. The molecule has 0 radical (unpaired) electrons. The van der Waals surface area contributed by atoms with Crippen molar-refractivity contribution in [3.8, 4) is 0 Å². The summed E-state index contributed by atoms with van der Waals surface area (Å²) >= 11 is 0. The molecule has 16 heavy (non-hydrogen) atoms. The van der Waals surface area contributed by atoms with Crippen LogP contribution < -0.4 is 10.5 Å². The lowest BCUT2D eigenvalue weighted by atomic mass is 10.1. The number of benzene rings is 1. The first-order valence-corrected chi connectivity index (χ1v) is 5.91. The van der Waals surface area contributed by atoms with Gasteiger partial charge in [-0.3, -0.25) is 4.79 Å². The van der Waals surface area contributed by atoms with E-state index < -0.39 is 21.7 Å². The molecule has 0 aliphatic rings. The normalized spacial score (nSPS) is 11.2. The van der Waals surface area contributed by atoms with Crippen molar-refractivity contribution in [3.05, 3.63) is 29.6 Å². The number of carbonyl (C=O) groups is 1. The van der Waals surface area contributed by atoms with E-state index in [0.29, 0.717) is 0 Å². The molecule has 0 unspecified atom stereocenters. The Morgan fingerprint density at radius 1 is 1.50 bits per heavy atom. The second kappa shape index (κ2) is 4.58. The zero-order valence-electron chi connectivity index (χ0n) is 8.53.